The van der Waals surface area contributed by atoms with Crippen LogP contribution in [0.2, 0.25) is 10.0 Å². The van der Waals surface area contributed by atoms with Crippen LogP contribution in [0.5, 0.6) is 5.88 Å². The lowest BCUT2D eigenvalue weighted by Gasteiger charge is -2.28. The Morgan fingerprint density at radius 2 is 1.95 bits per heavy atom. The molecule has 9 nitrogen and oxygen atoms in total. The van der Waals surface area contributed by atoms with Gasteiger partial charge < -0.3 is 25.6 Å². The maximum atomic E-state index is 14.0. The van der Waals surface area contributed by atoms with Crippen LogP contribution in [-0.2, 0) is 4.74 Å². The van der Waals surface area contributed by atoms with Gasteiger partial charge in [0.1, 0.15) is 11.9 Å². The number of nitrogen functional groups attached to an aromatic ring is 1. The first kappa shape index (κ1) is 28.0. The van der Waals surface area contributed by atoms with E-state index in [1.807, 2.05) is 0 Å². The highest BCUT2D eigenvalue weighted by Gasteiger charge is 2.21. The smallest absolute Gasteiger partial charge is 0.258 e. The zero-order chi connectivity index (χ0) is 27.2. The molecule has 1 aliphatic heterocycles. The van der Waals surface area contributed by atoms with Crippen LogP contribution in [0.3, 0.4) is 0 Å². The van der Waals surface area contributed by atoms with Crippen molar-refractivity contribution in [2.45, 2.75) is 19.1 Å². The molecule has 1 aromatic heterocycles. The summed E-state index contributed by atoms with van der Waals surface area (Å²) in [6.45, 7) is 5.07. The monoisotopic (exact) mass is 563 g/mol. The van der Waals surface area contributed by atoms with Gasteiger partial charge in [0.2, 0.25) is 0 Å². The fraction of sp³-hybridized carbons (Fsp3) is 0.346. The fourth-order valence-corrected chi connectivity index (χ4v) is 4.68. The van der Waals surface area contributed by atoms with E-state index in [9.17, 15) is 14.3 Å². The van der Waals surface area contributed by atoms with E-state index in [4.69, 9.17) is 38.4 Å². The van der Waals surface area contributed by atoms with Gasteiger partial charge >= 0.3 is 0 Å². The molecule has 0 bridgehead atoms. The summed E-state index contributed by atoms with van der Waals surface area (Å²) in [4.78, 5) is 23.2. The number of rotatable bonds is 9. The van der Waals surface area contributed by atoms with Gasteiger partial charge in [-0.15, -0.1) is 0 Å². The molecule has 4 rings (SSSR count). The summed E-state index contributed by atoms with van der Waals surface area (Å²) < 4.78 is 25.1. The van der Waals surface area contributed by atoms with Gasteiger partial charge in [-0.1, -0.05) is 35.3 Å². The number of carbonyl (C=O) groups is 1. The van der Waals surface area contributed by atoms with Crippen LogP contribution < -0.4 is 15.8 Å². The third kappa shape index (κ3) is 6.89. The molecule has 1 unspecified atom stereocenters. The van der Waals surface area contributed by atoms with E-state index in [-0.39, 0.29) is 39.8 Å². The number of nitrogens with one attached hydrogen (secondary N) is 1. The van der Waals surface area contributed by atoms with Gasteiger partial charge in [0, 0.05) is 47.9 Å². The number of hydrogen-bond acceptors (Lipinski definition) is 8. The minimum absolute atomic E-state index is 0.0301. The zero-order valence-corrected chi connectivity index (χ0v) is 22.2. The second kappa shape index (κ2) is 12.7. The Morgan fingerprint density at radius 1 is 1.24 bits per heavy atom. The number of amides is 1. The van der Waals surface area contributed by atoms with Gasteiger partial charge in [-0.2, -0.15) is 0 Å². The Hall–Kier alpha value is -3.02. The number of benzene rings is 2. The number of anilines is 1. The predicted molar refractivity (Wildman–Crippen MR) is 143 cm³/mol. The van der Waals surface area contributed by atoms with E-state index < -0.39 is 18.0 Å². The lowest BCUT2D eigenvalue weighted by molar-refractivity contribution is 0.0149. The molecule has 1 fully saturated rings. The standard InChI is InChI=1S/C26H28Cl2FN5O4/c1-15(22-19(27)6-7-20(29)23(22)28)38-26-24(30)31-13-21(33-26)16-2-4-17(5-3-16)25(36)32-12-18(35)14-34-8-10-37-11-9-34/h2-7,13,15,18,35H,8-12,14H2,1H3,(H2,30,31)(H,32,36)/t15?,18-/m1/s1. The average molecular weight is 564 g/mol. The van der Waals surface area contributed by atoms with Gasteiger partial charge in [0.25, 0.3) is 11.8 Å². The quantitative estimate of drug-likeness (QED) is 0.336. The lowest BCUT2D eigenvalue weighted by atomic mass is 10.1. The van der Waals surface area contributed by atoms with Crippen LogP contribution in [0.4, 0.5) is 10.2 Å². The van der Waals surface area contributed by atoms with E-state index >= 15 is 0 Å². The molecule has 0 saturated carbocycles. The molecule has 0 aliphatic carbocycles. The number of nitrogens with two attached hydrogens (primary N) is 1. The van der Waals surface area contributed by atoms with Crippen molar-refractivity contribution in [3.63, 3.8) is 0 Å². The van der Waals surface area contributed by atoms with Gasteiger partial charge in [-0.05, 0) is 31.2 Å². The number of aromatic nitrogens is 2. The van der Waals surface area contributed by atoms with Crippen LogP contribution >= 0.6 is 23.2 Å². The molecule has 2 aromatic carbocycles. The molecule has 12 heteroatoms. The van der Waals surface area contributed by atoms with Gasteiger partial charge in [-0.25, -0.2) is 14.4 Å². The largest absolute Gasteiger partial charge is 0.467 e. The molecule has 1 amide bonds. The van der Waals surface area contributed by atoms with Crippen LogP contribution in [0, 0.1) is 5.82 Å². The summed E-state index contributed by atoms with van der Waals surface area (Å²) in [7, 11) is 0. The number of nitrogens with zero attached hydrogens (tertiary/aromatic N) is 3. The predicted octanol–water partition coefficient (Wildman–Crippen LogP) is 3.73. The van der Waals surface area contributed by atoms with Gasteiger partial charge in [0.05, 0.1) is 36.2 Å². The highest BCUT2D eigenvalue weighted by Crippen LogP contribution is 2.35. The molecule has 1 saturated heterocycles. The Balaban J connectivity index is 1.40. The van der Waals surface area contributed by atoms with Crippen LogP contribution in [0.25, 0.3) is 11.3 Å². The zero-order valence-electron chi connectivity index (χ0n) is 20.7. The van der Waals surface area contributed by atoms with Crippen LogP contribution in [-0.4, -0.2) is 71.4 Å². The average Bonchev–Trinajstić information content (AvgIpc) is 2.91. The minimum Gasteiger partial charge on any atom is -0.467 e. The summed E-state index contributed by atoms with van der Waals surface area (Å²) in [6.07, 6.45) is 0.0352. The van der Waals surface area contributed by atoms with E-state index in [1.54, 1.807) is 31.2 Å². The summed E-state index contributed by atoms with van der Waals surface area (Å²) in [6, 6.07) is 9.29. The second-order valence-corrected chi connectivity index (χ2v) is 9.60. The van der Waals surface area contributed by atoms with Crippen LogP contribution in [0.15, 0.2) is 42.6 Å². The number of hydrogen-bond donors (Lipinski definition) is 3. The highest BCUT2D eigenvalue weighted by molar-refractivity contribution is 6.36. The van der Waals surface area contributed by atoms with Crippen molar-refractivity contribution in [1.82, 2.24) is 20.2 Å². The molecule has 0 radical (unpaired) electrons. The first-order valence-corrected chi connectivity index (χ1v) is 12.8. The maximum absolute atomic E-state index is 14.0. The topological polar surface area (TPSA) is 123 Å². The minimum atomic E-state index is -0.762. The number of carbonyl (C=O) groups excluding carboxylic acids is 1. The number of ether oxygens (including phenoxy) is 2. The number of aliphatic hydroxyl groups excluding tert-OH is 1. The highest BCUT2D eigenvalue weighted by atomic mass is 35.5. The van der Waals surface area contributed by atoms with Crippen molar-refractivity contribution < 1.29 is 23.8 Å². The van der Waals surface area contributed by atoms with Gasteiger partial charge in [0.15, 0.2) is 5.82 Å². The summed E-state index contributed by atoms with van der Waals surface area (Å²) >= 11 is 12.3. The summed E-state index contributed by atoms with van der Waals surface area (Å²) in [5, 5.41) is 13.1. The molecule has 202 valence electrons. The molecular formula is C26H28Cl2FN5O4. The van der Waals surface area contributed by atoms with Crippen molar-refractivity contribution in [1.29, 1.82) is 0 Å². The normalized spacial score (nSPS) is 15.6. The van der Waals surface area contributed by atoms with E-state index in [0.29, 0.717) is 36.6 Å². The SMILES string of the molecule is CC(Oc1nc(-c2ccc(C(=O)NC[C@@H](O)CN3CCOCC3)cc2)cnc1N)c1c(Cl)ccc(F)c1Cl. The van der Waals surface area contributed by atoms with Crippen molar-refractivity contribution in [2.24, 2.45) is 0 Å². The molecule has 4 N–H and O–H groups in total. The number of morpholine rings is 1. The van der Waals surface area contributed by atoms with Crippen molar-refractivity contribution in [2.75, 3.05) is 45.1 Å². The maximum Gasteiger partial charge on any atom is 0.258 e. The van der Waals surface area contributed by atoms with Crippen LogP contribution in [0.1, 0.15) is 28.9 Å². The number of β-amino-alcohol motifs (C(OH)–C–C–N with tert-alkyl or cyclic N) is 1. The third-order valence-corrected chi connectivity index (χ3v) is 6.77. The second-order valence-electron chi connectivity index (χ2n) is 8.82. The Kier molecular flexibility index (Phi) is 9.35. The van der Waals surface area contributed by atoms with E-state index in [1.165, 1.54) is 18.3 Å². The summed E-state index contributed by atoms with van der Waals surface area (Å²) in [5.41, 5.74) is 7.77. The molecule has 38 heavy (non-hydrogen) atoms. The van der Waals surface area contributed by atoms with Crippen molar-refractivity contribution >= 4 is 34.9 Å². The molecule has 3 aromatic rings. The molecule has 1 aliphatic rings. The van der Waals surface area contributed by atoms with Crippen molar-refractivity contribution in [3.05, 3.63) is 69.6 Å². The van der Waals surface area contributed by atoms with Crippen molar-refractivity contribution in [3.8, 4) is 17.1 Å². The molecular weight excluding hydrogens is 536 g/mol. The van der Waals surface area contributed by atoms with E-state index in [2.05, 4.69) is 20.2 Å². The Bertz CT molecular complexity index is 1280. The molecule has 0 spiro atoms. The first-order chi connectivity index (χ1) is 18.2. The third-order valence-electron chi connectivity index (χ3n) is 6.06. The fourth-order valence-electron chi connectivity index (χ4n) is 4.00. The first-order valence-electron chi connectivity index (χ1n) is 12.0. The Labute approximate surface area is 229 Å². The van der Waals surface area contributed by atoms with Gasteiger partial charge in [-0.3, -0.25) is 9.69 Å². The number of halogens is 3. The molecule has 2 heterocycles. The Morgan fingerprint density at radius 3 is 2.66 bits per heavy atom. The van der Waals surface area contributed by atoms with E-state index in [0.717, 1.165) is 13.1 Å². The molecule has 2 atom stereocenters. The lowest BCUT2D eigenvalue weighted by Crippen LogP contribution is -2.44. The summed E-state index contributed by atoms with van der Waals surface area (Å²) in [5.74, 6) is -0.855. The number of aliphatic hydroxyl groups is 1.